The lowest BCUT2D eigenvalue weighted by molar-refractivity contribution is 0.0948. The first-order valence-corrected chi connectivity index (χ1v) is 9.37. The number of amides is 2. The molecule has 0 saturated heterocycles. The number of pyridine rings is 1. The number of fused-ring (bicyclic) bond motifs is 1. The van der Waals surface area contributed by atoms with Gasteiger partial charge in [-0.25, -0.2) is 4.98 Å². The molecular formula is C21H22N4O3. The highest BCUT2D eigenvalue weighted by Gasteiger charge is 2.27. The maximum absolute atomic E-state index is 12.8. The summed E-state index contributed by atoms with van der Waals surface area (Å²) < 4.78 is 7.24. The van der Waals surface area contributed by atoms with E-state index in [1.165, 1.54) is 0 Å². The molecule has 1 aromatic carbocycles. The molecule has 1 aliphatic rings. The predicted molar refractivity (Wildman–Crippen MR) is 106 cm³/mol. The Bertz CT molecular complexity index is 1020. The first-order chi connectivity index (χ1) is 13.5. The molecule has 4 rings (SSSR count). The van der Waals surface area contributed by atoms with Crippen LogP contribution in [0.25, 0.3) is 5.52 Å². The van der Waals surface area contributed by atoms with Crippen molar-refractivity contribution in [2.24, 2.45) is 0 Å². The zero-order valence-corrected chi connectivity index (χ0v) is 15.8. The zero-order chi connectivity index (χ0) is 19.7. The van der Waals surface area contributed by atoms with Crippen molar-refractivity contribution < 1.29 is 14.3 Å². The number of nitrogens with zero attached hydrogens (tertiary/aromatic N) is 2. The molecule has 0 atom stereocenters. The molecule has 0 aliphatic heterocycles. The van der Waals surface area contributed by atoms with Crippen molar-refractivity contribution in [3.05, 3.63) is 60.2 Å². The molecule has 144 valence electrons. The van der Waals surface area contributed by atoms with Gasteiger partial charge in [0.25, 0.3) is 11.8 Å². The molecule has 7 nitrogen and oxygen atoms in total. The van der Waals surface area contributed by atoms with Crippen molar-refractivity contribution in [1.82, 2.24) is 14.7 Å². The van der Waals surface area contributed by atoms with Gasteiger partial charge in [0.05, 0.1) is 11.6 Å². The average Bonchev–Trinajstić information content (AvgIpc) is 3.39. The fourth-order valence-electron chi connectivity index (χ4n) is 2.92. The summed E-state index contributed by atoms with van der Waals surface area (Å²) >= 11 is 0. The second-order valence-electron chi connectivity index (χ2n) is 7.13. The molecule has 2 N–H and O–H groups in total. The van der Waals surface area contributed by atoms with Crippen molar-refractivity contribution in [3.8, 4) is 5.75 Å². The molecule has 2 amide bonds. The van der Waals surface area contributed by atoms with Gasteiger partial charge in [0.2, 0.25) is 5.82 Å². The SMILES string of the molecule is CC(C)Oc1ccc(NC(=O)c2nc(C(=O)NC3CC3)c3ccccn23)cc1. The molecule has 0 unspecified atom stereocenters. The van der Waals surface area contributed by atoms with Gasteiger partial charge in [-0.15, -0.1) is 0 Å². The quantitative estimate of drug-likeness (QED) is 0.689. The van der Waals surface area contributed by atoms with Crippen LogP contribution >= 0.6 is 0 Å². The summed E-state index contributed by atoms with van der Waals surface area (Å²) in [5.74, 6) is 0.266. The van der Waals surface area contributed by atoms with Crippen LogP contribution in [0.3, 0.4) is 0 Å². The highest BCUT2D eigenvalue weighted by Crippen LogP contribution is 2.21. The number of anilines is 1. The molecule has 0 bridgehead atoms. The first kappa shape index (κ1) is 18.0. The topological polar surface area (TPSA) is 84.7 Å². The van der Waals surface area contributed by atoms with Crippen LogP contribution in [0.15, 0.2) is 48.7 Å². The maximum atomic E-state index is 12.8. The number of rotatable bonds is 6. The number of hydrogen-bond acceptors (Lipinski definition) is 4. The fourth-order valence-corrected chi connectivity index (χ4v) is 2.92. The van der Waals surface area contributed by atoms with Crippen LogP contribution in [0.1, 0.15) is 47.8 Å². The van der Waals surface area contributed by atoms with Gasteiger partial charge in [0.1, 0.15) is 5.75 Å². The fraction of sp³-hybridized carbons (Fsp3) is 0.286. The van der Waals surface area contributed by atoms with E-state index in [4.69, 9.17) is 4.74 Å². The minimum atomic E-state index is -0.385. The van der Waals surface area contributed by atoms with E-state index >= 15 is 0 Å². The van der Waals surface area contributed by atoms with Crippen molar-refractivity contribution >= 4 is 23.0 Å². The van der Waals surface area contributed by atoms with E-state index in [0.29, 0.717) is 11.2 Å². The third-order valence-electron chi connectivity index (χ3n) is 4.36. The van der Waals surface area contributed by atoms with E-state index in [-0.39, 0.29) is 35.5 Å². The van der Waals surface area contributed by atoms with Crippen LogP contribution in [0.4, 0.5) is 5.69 Å². The highest BCUT2D eigenvalue weighted by atomic mass is 16.5. The largest absolute Gasteiger partial charge is 0.491 e. The Labute approximate surface area is 162 Å². The smallest absolute Gasteiger partial charge is 0.292 e. The van der Waals surface area contributed by atoms with Crippen LogP contribution in [-0.2, 0) is 0 Å². The third-order valence-corrected chi connectivity index (χ3v) is 4.36. The summed E-state index contributed by atoms with van der Waals surface area (Å²) in [5.41, 5.74) is 1.49. The van der Waals surface area contributed by atoms with Crippen molar-refractivity contribution in [2.45, 2.75) is 38.8 Å². The normalized spacial score (nSPS) is 13.5. The lowest BCUT2D eigenvalue weighted by Crippen LogP contribution is -2.26. The Morgan fingerprint density at radius 1 is 1.11 bits per heavy atom. The molecule has 0 spiro atoms. The lowest BCUT2D eigenvalue weighted by Gasteiger charge is -2.10. The molecule has 1 aliphatic carbocycles. The predicted octanol–water partition coefficient (Wildman–Crippen LogP) is 3.27. The van der Waals surface area contributed by atoms with Gasteiger partial charge < -0.3 is 15.4 Å². The van der Waals surface area contributed by atoms with Gasteiger partial charge in [-0.05, 0) is 63.1 Å². The van der Waals surface area contributed by atoms with E-state index in [2.05, 4.69) is 15.6 Å². The summed E-state index contributed by atoms with van der Waals surface area (Å²) in [5, 5.41) is 5.75. The van der Waals surface area contributed by atoms with Crippen LogP contribution in [-0.4, -0.2) is 33.3 Å². The van der Waals surface area contributed by atoms with E-state index in [1.54, 1.807) is 47.0 Å². The van der Waals surface area contributed by atoms with E-state index in [9.17, 15) is 9.59 Å². The van der Waals surface area contributed by atoms with Crippen molar-refractivity contribution in [2.75, 3.05) is 5.32 Å². The molecule has 2 aromatic heterocycles. The van der Waals surface area contributed by atoms with Gasteiger partial charge >= 0.3 is 0 Å². The van der Waals surface area contributed by atoms with Crippen molar-refractivity contribution in [1.29, 1.82) is 0 Å². The Kier molecular flexibility index (Phi) is 4.73. The number of nitrogens with one attached hydrogen (secondary N) is 2. The van der Waals surface area contributed by atoms with Gasteiger partial charge in [0, 0.05) is 17.9 Å². The second-order valence-corrected chi connectivity index (χ2v) is 7.13. The van der Waals surface area contributed by atoms with Crippen LogP contribution in [0.2, 0.25) is 0 Å². The molecule has 3 aromatic rings. The third kappa shape index (κ3) is 3.83. The van der Waals surface area contributed by atoms with Crippen LogP contribution in [0.5, 0.6) is 5.75 Å². The maximum Gasteiger partial charge on any atom is 0.292 e. The molecule has 1 fully saturated rings. The average molecular weight is 378 g/mol. The van der Waals surface area contributed by atoms with Crippen LogP contribution < -0.4 is 15.4 Å². The van der Waals surface area contributed by atoms with Gasteiger partial charge in [-0.2, -0.15) is 0 Å². The van der Waals surface area contributed by atoms with Gasteiger partial charge in [0.15, 0.2) is 5.69 Å². The Morgan fingerprint density at radius 2 is 1.86 bits per heavy atom. The zero-order valence-electron chi connectivity index (χ0n) is 15.8. The van der Waals surface area contributed by atoms with Gasteiger partial charge in [-0.3, -0.25) is 14.0 Å². The van der Waals surface area contributed by atoms with Crippen LogP contribution in [0, 0.1) is 0 Å². The monoisotopic (exact) mass is 378 g/mol. The summed E-state index contributed by atoms with van der Waals surface area (Å²) in [6.07, 6.45) is 3.78. The lowest BCUT2D eigenvalue weighted by atomic mass is 10.3. The minimum Gasteiger partial charge on any atom is -0.491 e. The number of aromatic nitrogens is 2. The van der Waals surface area contributed by atoms with Crippen molar-refractivity contribution in [3.63, 3.8) is 0 Å². The number of carbonyl (C=O) groups is 2. The molecule has 1 saturated carbocycles. The molecule has 28 heavy (non-hydrogen) atoms. The number of carbonyl (C=O) groups excluding carboxylic acids is 2. The summed E-state index contributed by atoms with van der Waals surface area (Å²) in [6, 6.07) is 12.8. The second kappa shape index (κ2) is 7.34. The Balaban J connectivity index is 1.57. The van der Waals surface area contributed by atoms with E-state index in [1.807, 2.05) is 19.9 Å². The summed E-state index contributed by atoms with van der Waals surface area (Å²) in [4.78, 5) is 29.6. The number of hydrogen-bond donors (Lipinski definition) is 2. The van der Waals surface area contributed by atoms with E-state index < -0.39 is 0 Å². The molecular weight excluding hydrogens is 356 g/mol. The number of ether oxygens (including phenoxy) is 1. The van der Waals surface area contributed by atoms with Gasteiger partial charge in [-0.1, -0.05) is 6.07 Å². The molecule has 2 heterocycles. The molecule has 7 heteroatoms. The first-order valence-electron chi connectivity index (χ1n) is 9.37. The number of benzene rings is 1. The minimum absolute atomic E-state index is 0.0805. The standard InChI is InChI=1S/C21H22N4O3/c1-13(2)28-16-10-8-15(9-11-16)23-21(27)19-24-18(20(26)22-14-6-7-14)17-5-3-4-12-25(17)19/h3-5,8-14H,6-7H2,1-2H3,(H,22,26)(H,23,27). The molecule has 0 radical (unpaired) electrons. The Hall–Kier alpha value is -3.35. The summed E-state index contributed by atoms with van der Waals surface area (Å²) in [7, 11) is 0. The van der Waals surface area contributed by atoms with E-state index in [0.717, 1.165) is 18.6 Å². The Morgan fingerprint density at radius 3 is 2.54 bits per heavy atom. The highest BCUT2D eigenvalue weighted by molar-refractivity contribution is 6.06. The summed E-state index contributed by atoms with van der Waals surface area (Å²) in [6.45, 7) is 3.91. The number of imidazole rings is 1.